The Hall–Kier alpha value is -2.64. The molecule has 1 fully saturated rings. The summed E-state index contributed by atoms with van der Waals surface area (Å²) in [6.07, 6.45) is 4.70. The number of carboxylic acids is 1. The van der Waals surface area contributed by atoms with Crippen LogP contribution in [-0.4, -0.2) is 66.5 Å². The molecule has 2 aromatic heterocycles. The fourth-order valence-corrected chi connectivity index (χ4v) is 7.26. The zero-order chi connectivity index (χ0) is 28.0. The number of ether oxygens (including phenoxy) is 1. The Morgan fingerprint density at radius 3 is 2.54 bits per heavy atom. The summed E-state index contributed by atoms with van der Waals surface area (Å²) in [5.74, 6) is -1.40. The molecule has 4 rings (SSSR count). The minimum absolute atomic E-state index is 0.0295. The first-order valence-electron chi connectivity index (χ1n) is 12.7. The van der Waals surface area contributed by atoms with Gasteiger partial charge in [0.05, 0.1) is 23.8 Å². The van der Waals surface area contributed by atoms with Crippen molar-refractivity contribution in [2.24, 2.45) is 5.92 Å². The average molecular weight is 595 g/mol. The van der Waals surface area contributed by atoms with Crippen LogP contribution < -0.4 is 5.32 Å². The van der Waals surface area contributed by atoms with Crippen LogP contribution in [0.4, 0.5) is 5.13 Å². The SMILES string of the molecule is COCCN(CCC(=O)O)S(=O)(=O)c1ccc(C(CC2CCCC2)C(=O)Nc2nc3ccc(Cl)nc3s2)cc1. The van der Waals surface area contributed by atoms with Crippen LogP contribution in [0.15, 0.2) is 41.3 Å². The topological polar surface area (TPSA) is 139 Å². The van der Waals surface area contributed by atoms with Crippen LogP contribution in [0.3, 0.4) is 0 Å². The predicted molar refractivity (Wildman–Crippen MR) is 150 cm³/mol. The number of thiazole rings is 1. The van der Waals surface area contributed by atoms with E-state index < -0.39 is 21.9 Å². The molecule has 10 nitrogen and oxygen atoms in total. The first kappa shape index (κ1) is 29.3. The number of carboxylic acid groups (broad SMARTS) is 1. The second-order valence-electron chi connectivity index (χ2n) is 9.51. The Labute approximate surface area is 236 Å². The van der Waals surface area contributed by atoms with Gasteiger partial charge in [-0.05, 0) is 42.2 Å². The van der Waals surface area contributed by atoms with Crippen LogP contribution >= 0.6 is 22.9 Å². The zero-order valence-electron chi connectivity index (χ0n) is 21.5. The minimum Gasteiger partial charge on any atom is -0.481 e. The third kappa shape index (κ3) is 7.52. The van der Waals surface area contributed by atoms with Gasteiger partial charge < -0.3 is 15.2 Å². The third-order valence-electron chi connectivity index (χ3n) is 6.85. The van der Waals surface area contributed by atoms with Gasteiger partial charge in [0, 0.05) is 20.2 Å². The van der Waals surface area contributed by atoms with E-state index in [2.05, 4.69) is 15.3 Å². The number of aromatic nitrogens is 2. The first-order chi connectivity index (χ1) is 18.7. The van der Waals surface area contributed by atoms with Crippen molar-refractivity contribution in [2.45, 2.75) is 49.3 Å². The molecular formula is C26H31ClN4O6S2. The number of amides is 1. The Kier molecular flexibility index (Phi) is 9.89. The normalized spacial score (nSPS) is 15.2. The van der Waals surface area contributed by atoms with E-state index in [1.165, 1.54) is 30.6 Å². The number of methoxy groups -OCH3 is 1. The molecular weight excluding hydrogens is 564 g/mol. The van der Waals surface area contributed by atoms with E-state index in [1.54, 1.807) is 24.3 Å². The van der Waals surface area contributed by atoms with E-state index >= 15 is 0 Å². The number of pyridine rings is 1. The van der Waals surface area contributed by atoms with E-state index in [9.17, 15) is 18.0 Å². The number of carbonyl (C=O) groups excluding carboxylic acids is 1. The fraction of sp³-hybridized carbons (Fsp3) is 0.462. The van der Waals surface area contributed by atoms with Gasteiger partial charge in [0.15, 0.2) is 5.13 Å². The number of aliphatic carboxylic acids is 1. The number of hydrogen-bond acceptors (Lipinski definition) is 8. The van der Waals surface area contributed by atoms with E-state index in [0.717, 1.165) is 30.0 Å². The van der Waals surface area contributed by atoms with Crippen molar-refractivity contribution in [2.75, 3.05) is 32.1 Å². The molecule has 13 heteroatoms. The van der Waals surface area contributed by atoms with Crippen molar-refractivity contribution < 1.29 is 27.9 Å². The van der Waals surface area contributed by atoms with Gasteiger partial charge in [-0.1, -0.05) is 60.8 Å². The summed E-state index contributed by atoms with van der Waals surface area (Å²) in [6.45, 7) is -0.00536. The van der Waals surface area contributed by atoms with Crippen LogP contribution in [0.2, 0.25) is 5.15 Å². The second kappa shape index (κ2) is 13.1. The Morgan fingerprint density at radius 2 is 1.87 bits per heavy atom. The van der Waals surface area contributed by atoms with Crippen molar-refractivity contribution in [1.29, 1.82) is 0 Å². The van der Waals surface area contributed by atoms with Crippen molar-refractivity contribution in [3.63, 3.8) is 0 Å². The molecule has 0 aliphatic heterocycles. The number of carbonyl (C=O) groups is 2. The maximum Gasteiger partial charge on any atom is 0.304 e. The summed E-state index contributed by atoms with van der Waals surface area (Å²) in [5.41, 5.74) is 1.34. The smallest absolute Gasteiger partial charge is 0.304 e. The van der Waals surface area contributed by atoms with Crippen molar-refractivity contribution >= 4 is 60.3 Å². The summed E-state index contributed by atoms with van der Waals surface area (Å²) >= 11 is 7.22. The van der Waals surface area contributed by atoms with Crippen LogP contribution in [0.1, 0.15) is 50.0 Å². The highest BCUT2D eigenvalue weighted by Crippen LogP contribution is 2.36. The molecule has 1 aliphatic rings. The molecule has 1 atom stereocenters. The summed E-state index contributed by atoms with van der Waals surface area (Å²) < 4.78 is 32.7. The predicted octanol–water partition coefficient (Wildman–Crippen LogP) is 4.76. The van der Waals surface area contributed by atoms with Crippen LogP contribution in [0, 0.1) is 5.92 Å². The molecule has 0 spiro atoms. The van der Waals surface area contributed by atoms with Crippen LogP contribution in [0.25, 0.3) is 10.3 Å². The lowest BCUT2D eigenvalue weighted by atomic mass is 9.87. The van der Waals surface area contributed by atoms with E-state index in [-0.39, 0.29) is 36.9 Å². The molecule has 1 amide bonds. The molecule has 0 bridgehead atoms. The van der Waals surface area contributed by atoms with Crippen molar-refractivity contribution in [3.05, 3.63) is 47.1 Å². The first-order valence-corrected chi connectivity index (χ1v) is 15.4. The van der Waals surface area contributed by atoms with Gasteiger partial charge in [0.25, 0.3) is 0 Å². The number of nitrogens with zero attached hydrogens (tertiary/aromatic N) is 3. The molecule has 1 aromatic carbocycles. The molecule has 2 heterocycles. The summed E-state index contributed by atoms with van der Waals surface area (Å²) in [4.78, 5) is 33.9. The minimum atomic E-state index is -3.96. The van der Waals surface area contributed by atoms with Gasteiger partial charge >= 0.3 is 5.97 Å². The number of rotatable bonds is 13. The molecule has 0 saturated heterocycles. The lowest BCUT2D eigenvalue weighted by Gasteiger charge is -2.23. The average Bonchev–Trinajstić information content (AvgIpc) is 3.56. The zero-order valence-corrected chi connectivity index (χ0v) is 23.9. The van der Waals surface area contributed by atoms with Crippen molar-refractivity contribution in [1.82, 2.24) is 14.3 Å². The molecule has 0 radical (unpaired) electrons. The highest BCUT2D eigenvalue weighted by molar-refractivity contribution is 7.89. The van der Waals surface area contributed by atoms with E-state index in [0.29, 0.717) is 38.5 Å². The molecule has 39 heavy (non-hydrogen) atoms. The van der Waals surface area contributed by atoms with Crippen molar-refractivity contribution in [3.8, 4) is 0 Å². The maximum absolute atomic E-state index is 13.5. The van der Waals surface area contributed by atoms with Gasteiger partial charge in [-0.3, -0.25) is 9.59 Å². The number of sulfonamides is 1. The number of benzene rings is 1. The number of hydrogen-bond donors (Lipinski definition) is 2. The summed E-state index contributed by atoms with van der Waals surface area (Å²) in [6, 6.07) is 9.67. The summed E-state index contributed by atoms with van der Waals surface area (Å²) in [5, 5.41) is 12.7. The highest BCUT2D eigenvalue weighted by Gasteiger charge is 2.29. The maximum atomic E-state index is 13.5. The third-order valence-corrected chi connectivity index (χ3v) is 9.86. The standard InChI is InChI=1S/C26H31ClN4O6S2/c1-37-15-14-31(13-12-23(32)33)39(35,36)19-8-6-18(7-9-19)20(16-17-4-2-3-5-17)24(34)30-26-28-21-10-11-22(27)29-25(21)38-26/h6-11,17,20H,2-5,12-16H2,1H3,(H,32,33)(H,28,30,34). The van der Waals surface area contributed by atoms with Gasteiger partial charge in [-0.2, -0.15) is 4.31 Å². The van der Waals surface area contributed by atoms with Gasteiger partial charge in [0.1, 0.15) is 15.5 Å². The van der Waals surface area contributed by atoms with Gasteiger partial charge in [-0.15, -0.1) is 0 Å². The monoisotopic (exact) mass is 594 g/mol. The molecule has 1 aliphatic carbocycles. The quantitative estimate of drug-likeness (QED) is 0.270. The Morgan fingerprint density at radius 1 is 1.15 bits per heavy atom. The number of anilines is 1. The molecule has 2 N–H and O–H groups in total. The highest BCUT2D eigenvalue weighted by atomic mass is 35.5. The number of halogens is 1. The molecule has 210 valence electrons. The van der Waals surface area contributed by atoms with Crippen LogP contribution in [-0.2, 0) is 24.3 Å². The van der Waals surface area contributed by atoms with Gasteiger partial charge in [0.2, 0.25) is 15.9 Å². The largest absolute Gasteiger partial charge is 0.481 e. The van der Waals surface area contributed by atoms with E-state index in [1.807, 2.05) is 0 Å². The summed E-state index contributed by atoms with van der Waals surface area (Å²) in [7, 11) is -2.51. The van der Waals surface area contributed by atoms with E-state index in [4.69, 9.17) is 21.4 Å². The van der Waals surface area contributed by atoms with Crippen LogP contribution in [0.5, 0.6) is 0 Å². The lowest BCUT2D eigenvalue weighted by molar-refractivity contribution is -0.137. The Balaban J connectivity index is 1.56. The fourth-order valence-electron chi connectivity index (χ4n) is 4.80. The molecule has 3 aromatic rings. The second-order valence-corrected chi connectivity index (χ2v) is 12.8. The molecule has 1 saturated carbocycles. The Bertz CT molecular complexity index is 1410. The number of fused-ring (bicyclic) bond motifs is 1. The number of nitrogens with one attached hydrogen (secondary N) is 1. The van der Waals surface area contributed by atoms with Gasteiger partial charge in [-0.25, -0.2) is 18.4 Å². The lowest BCUT2D eigenvalue weighted by Crippen LogP contribution is -2.35. The molecule has 1 unspecified atom stereocenters.